The molecular weight excluding hydrogens is 320 g/mol. The molecule has 2 aromatic rings. The zero-order chi connectivity index (χ0) is 18.1. The van der Waals surface area contributed by atoms with Gasteiger partial charge in [0.2, 0.25) is 11.8 Å². The van der Waals surface area contributed by atoms with Crippen LogP contribution in [0.2, 0.25) is 0 Å². The van der Waals surface area contributed by atoms with Gasteiger partial charge in [-0.05, 0) is 29.2 Å². The van der Waals surface area contributed by atoms with Gasteiger partial charge in [0.05, 0.1) is 13.0 Å². The third-order valence-electron chi connectivity index (χ3n) is 3.82. The maximum atomic E-state index is 12.1. The second kappa shape index (κ2) is 9.42. The molecule has 132 valence electrons. The van der Waals surface area contributed by atoms with Crippen molar-refractivity contribution in [2.75, 3.05) is 13.1 Å². The van der Waals surface area contributed by atoms with E-state index in [0.29, 0.717) is 19.4 Å². The molecule has 2 amide bonds. The normalized spacial score (nSPS) is 10.4. The number of unbranched alkanes of at least 4 members (excludes halogenated alkanes) is 1. The lowest BCUT2D eigenvalue weighted by atomic mass is 10.0. The number of carboxylic acids is 1. The summed E-state index contributed by atoms with van der Waals surface area (Å²) in [5.74, 6) is -1.33. The lowest BCUT2D eigenvalue weighted by molar-refractivity contribution is -0.137. The Bertz CT molecular complexity index is 753. The topological polar surface area (TPSA) is 95.5 Å². The van der Waals surface area contributed by atoms with Gasteiger partial charge >= 0.3 is 5.97 Å². The highest BCUT2D eigenvalue weighted by Gasteiger charge is 2.08. The summed E-state index contributed by atoms with van der Waals surface area (Å²) in [7, 11) is 0. The van der Waals surface area contributed by atoms with Gasteiger partial charge < -0.3 is 15.7 Å². The molecule has 0 radical (unpaired) electrons. The van der Waals surface area contributed by atoms with Crippen LogP contribution < -0.4 is 10.6 Å². The van der Waals surface area contributed by atoms with Crippen LogP contribution in [-0.4, -0.2) is 36.0 Å². The molecule has 0 aliphatic rings. The second-order valence-electron chi connectivity index (χ2n) is 5.79. The SMILES string of the molecule is O=C(O)CCCCNC(=O)CNC(=O)Cc1cccc2ccccc12. The highest BCUT2D eigenvalue weighted by Crippen LogP contribution is 2.18. The van der Waals surface area contributed by atoms with Crippen molar-refractivity contribution in [3.8, 4) is 0 Å². The van der Waals surface area contributed by atoms with Gasteiger partial charge in [-0.3, -0.25) is 14.4 Å². The molecule has 0 aromatic heterocycles. The maximum Gasteiger partial charge on any atom is 0.303 e. The van der Waals surface area contributed by atoms with Gasteiger partial charge in [0.25, 0.3) is 0 Å². The quantitative estimate of drug-likeness (QED) is 0.606. The van der Waals surface area contributed by atoms with E-state index in [0.717, 1.165) is 16.3 Å². The van der Waals surface area contributed by atoms with Gasteiger partial charge in [0, 0.05) is 13.0 Å². The molecule has 0 unspecified atom stereocenters. The first-order chi connectivity index (χ1) is 12.1. The van der Waals surface area contributed by atoms with Crippen LogP contribution in [0.15, 0.2) is 42.5 Å². The number of hydrogen-bond acceptors (Lipinski definition) is 3. The second-order valence-corrected chi connectivity index (χ2v) is 5.79. The van der Waals surface area contributed by atoms with Crippen molar-refractivity contribution in [3.05, 3.63) is 48.0 Å². The molecule has 2 rings (SSSR count). The Balaban J connectivity index is 1.73. The standard InChI is InChI=1S/C19H22N2O4/c22-17(21-13-18(23)20-11-4-3-10-19(24)25)12-15-8-5-7-14-6-1-2-9-16(14)15/h1-2,5-9H,3-4,10-13H2,(H,20,23)(H,21,22)(H,24,25). The number of aliphatic carboxylic acids is 1. The van der Waals surface area contributed by atoms with Gasteiger partial charge in [-0.15, -0.1) is 0 Å². The predicted octanol–water partition coefficient (Wildman–Crippen LogP) is 1.87. The van der Waals surface area contributed by atoms with E-state index >= 15 is 0 Å². The average Bonchev–Trinajstić information content (AvgIpc) is 2.60. The first kappa shape index (κ1) is 18.4. The largest absolute Gasteiger partial charge is 0.481 e. The molecule has 0 bridgehead atoms. The van der Waals surface area contributed by atoms with Crippen molar-refractivity contribution in [1.29, 1.82) is 0 Å². The summed E-state index contributed by atoms with van der Waals surface area (Å²) >= 11 is 0. The molecular formula is C19H22N2O4. The van der Waals surface area contributed by atoms with Crippen molar-refractivity contribution < 1.29 is 19.5 Å². The molecule has 0 heterocycles. The first-order valence-corrected chi connectivity index (χ1v) is 8.28. The van der Waals surface area contributed by atoms with Gasteiger partial charge in [-0.25, -0.2) is 0 Å². The van der Waals surface area contributed by atoms with E-state index in [1.165, 1.54) is 0 Å². The lowest BCUT2D eigenvalue weighted by Crippen LogP contribution is -2.37. The molecule has 25 heavy (non-hydrogen) atoms. The lowest BCUT2D eigenvalue weighted by Gasteiger charge is -2.08. The van der Waals surface area contributed by atoms with Crippen LogP contribution >= 0.6 is 0 Å². The van der Waals surface area contributed by atoms with Crippen LogP contribution in [0.1, 0.15) is 24.8 Å². The Morgan fingerprint density at radius 3 is 2.44 bits per heavy atom. The Kier molecular flexibility index (Phi) is 6.95. The van der Waals surface area contributed by atoms with E-state index in [4.69, 9.17) is 5.11 Å². The van der Waals surface area contributed by atoms with Crippen LogP contribution in [0.25, 0.3) is 10.8 Å². The molecule has 0 saturated heterocycles. The third-order valence-corrected chi connectivity index (χ3v) is 3.82. The fourth-order valence-electron chi connectivity index (χ4n) is 2.55. The van der Waals surface area contributed by atoms with Crippen molar-refractivity contribution in [2.45, 2.75) is 25.7 Å². The molecule has 0 aliphatic carbocycles. The smallest absolute Gasteiger partial charge is 0.303 e. The van der Waals surface area contributed by atoms with E-state index in [1.54, 1.807) is 0 Å². The van der Waals surface area contributed by atoms with Gasteiger partial charge in [0.1, 0.15) is 0 Å². The van der Waals surface area contributed by atoms with Crippen molar-refractivity contribution in [3.63, 3.8) is 0 Å². The summed E-state index contributed by atoms with van der Waals surface area (Å²) in [5, 5.41) is 15.9. The molecule has 0 saturated carbocycles. The molecule has 6 nitrogen and oxygen atoms in total. The molecule has 0 spiro atoms. The van der Waals surface area contributed by atoms with Crippen LogP contribution in [0.5, 0.6) is 0 Å². The number of carbonyl (C=O) groups excluding carboxylic acids is 2. The minimum atomic E-state index is -0.841. The monoisotopic (exact) mass is 342 g/mol. The van der Waals surface area contributed by atoms with E-state index in [2.05, 4.69) is 10.6 Å². The van der Waals surface area contributed by atoms with E-state index in [-0.39, 0.29) is 31.2 Å². The molecule has 2 aromatic carbocycles. The predicted molar refractivity (Wildman–Crippen MR) is 95.2 cm³/mol. The number of carbonyl (C=O) groups is 3. The average molecular weight is 342 g/mol. The Hall–Kier alpha value is -2.89. The number of fused-ring (bicyclic) bond motifs is 1. The van der Waals surface area contributed by atoms with Gasteiger partial charge in [-0.1, -0.05) is 42.5 Å². The number of carboxylic acid groups (broad SMARTS) is 1. The molecule has 3 N–H and O–H groups in total. The number of rotatable bonds is 9. The fourth-order valence-corrected chi connectivity index (χ4v) is 2.55. The maximum absolute atomic E-state index is 12.1. The Labute approximate surface area is 146 Å². The highest BCUT2D eigenvalue weighted by atomic mass is 16.4. The van der Waals surface area contributed by atoms with Crippen LogP contribution in [0.4, 0.5) is 0 Å². The third kappa shape index (κ3) is 6.25. The molecule has 0 atom stereocenters. The minimum Gasteiger partial charge on any atom is -0.481 e. The summed E-state index contributed by atoms with van der Waals surface area (Å²) in [6.07, 6.45) is 1.43. The summed E-state index contributed by atoms with van der Waals surface area (Å²) in [6, 6.07) is 13.7. The first-order valence-electron chi connectivity index (χ1n) is 8.28. The highest BCUT2D eigenvalue weighted by molar-refractivity contribution is 5.91. The zero-order valence-electron chi connectivity index (χ0n) is 14.0. The van der Waals surface area contributed by atoms with Crippen molar-refractivity contribution >= 4 is 28.6 Å². The van der Waals surface area contributed by atoms with Crippen LogP contribution in [0, 0.1) is 0 Å². The summed E-state index contributed by atoms with van der Waals surface area (Å²) in [6.45, 7) is 0.327. The Morgan fingerprint density at radius 1 is 0.880 bits per heavy atom. The van der Waals surface area contributed by atoms with Crippen LogP contribution in [-0.2, 0) is 20.8 Å². The fraction of sp³-hybridized carbons (Fsp3) is 0.316. The summed E-state index contributed by atoms with van der Waals surface area (Å²) in [5.41, 5.74) is 0.921. The van der Waals surface area contributed by atoms with E-state index < -0.39 is 5.97 Å². The van der Waals surface area contributed by atoms with Crippen molar-refractivity contribution in [2.24, 2.45) is 0 Å². The van der Waals surface area contributed by atoms with E-state index in [9.17, 15) is 14.4 Å². The van der Waals surface area contributed by atoms with E-state index in [1.807, 2.05) is 42.5 Å². The molecule has 0 fully saturated rings. The number of hydrogen-bond donors (Lipinski definition) is 3. The number of benzene rings is 2. The van der Waals surface area contributed by atoms with Gasteiger partial charge in [0.15, 0.2) is 0 Å². The zero-order valence-corrected chi connectivity index (χ0v) is 14.0. The number of nitrogens with one attached hydrogen (secondary N) is 2. The molecule has 0 aliphatic heterocycles. The van der Waals surface area contributed by atoms with Gasteiger partial charge in [-0.2, -0.15) is 0 Å². The molecule has 6 heteroatoms. The summed E-state index contributed by atoms with van der Waals surface area (Å²) < 4.78 is 0. The van der Waals surface area contributed by atoms with Crippen molar-refractivity contribution in [1.82, 2.24) is 10.6 Å². The minimum absolute atomic E-state index is 0.0808. The number of amides is 2. The van der Waals surface area contributed by atoms with Crippen LogP contribution in [0.3, 0.4) is 0 Å². The Morgan fingerprint density at radius 2 is 1.64 bits per heavy atom. The summed E-state index contributed by atoms with van der Waals surface area (Å²) in [4.78, 5) is 34.1.